The summed E-state index contributed by atoms with van der Waals surface area (Å²) in [5, 5.41) is 0.865. The van der Waals surface area contributed by atoms with Crippen LogP contribution in [0, 0.1) is 6.92 Å². The highest BCUT2D eigenvalue weighted by Gasteiger charge is 2.24. The lowest BCUT2D eigenvalue weighted by Crippen LogP contribution is -2.54. The molecule has 1 aliphatic heterocycles. The van der Waals surface area contributed by atoms with Gasteiger partial charge in [0.25, 0.3) is 0 Å². The molecule has 1 aromatic rings. The summed E-state index contributed by atoms with van der Waals surface area (Å²) < 4.78 is 0. The Morgan fingerprint density at radius 1 is 1.39 bits per heavy atom. The fourth-order valence-electron chi connectivity index (χ4n) is 2.48. The topological polar surface area (TPSA) is 32.5 Å². The maximum Gasteiger partial charge on any atom is 0.0453 e. The Hall–Kier alpha value is -0.610. The molecule has 1 fully saturated rings. The molecular weight excluding hydrogens is 246 g/mol. The second-order valence-electron chi connectivity index (χ2n) is 5.22. The largest absolute Gasteiger partial charge is 0.329 e. The Morgan fingerprint density at radius 3 is 2.83 bits per heavy atom. The highest BCUT2D eigenvalue weighted by Crippen LogP contribution is 2.21. The molecule has 2 N–H and O–H groups in total. The van der Waals surface area contributed by atoms with Gasteiger partial charge in [-0.3, -0.25) is 4.90 Å². The first kappa shape index (κ1) is 13.8. The van der Waals surface area contributed by atoms with Gasteiger partial charge in [-0.1, -0.05) is 23.7 Å². The van der Waals surface area contributed by atoms with Gasteiger partial charge < -0.3 is 10.6 Å². The van der Waals surface area contributed by atoms with Crippen LogP contribution in [-0.2, 0) is 6.54 Å². The summed E-state index contributed by atoms with van der Waals surface area (Å²) in [6.45, 7) is 6.86. The van der Waals surface area contributed by atoms with Crippen molar-refractivity contribution in [2.45, 2.75) is 19.5 Å². The first-order valence-electron chi connectivity index (χ1n) is 6.48. The predicted octanol–water partition coefficient (Wildman–Crippen LogP) is 1.72. The number of nitrogens with zero attached hydrogens (tertiary/aromatic N) is 2. The van der Waals surface area contributed by atoms with Crippen LogP contribution in [0.25, 0.3) is 0 Å². The first-order valence-corrected chi connectivity index (χ1v) is 6.85. The number of likely N-dealkylation sites (N-methyl/N-ethyl adjacent to an activating group) is 1. The van der Waals surface area contributed by atoms with Gasteiger partial charge in [0.05, 0.1) is 0 Å². The van der Waals surface area contributed by atoms with E-state index in [1.165, 1.54) is 11.1 Å². The van der Waals surface area contributed by atoms with Gasteiger partial charge in [0.1, 0.15) is 0 Å². The van der Waals surface area contributed by atoms with Crippen molar-refractivity contribution in [1.82, 2.24) is 9.80 Å². The smallest absolute Gasteiger partial charge is 0.0453 e. The van der Waals surface area contributed by atoms with E-state index in [4.69, 9.17) is 17.3 Å². The van der Waals surface area contributed by atoms with Crippen molar-refractivity contribution in [2.24, 2.45) is 5.73 Å². The number of hydrogen-bond acceptors (Lipinski definition) is 3. The molecule has 2 rings (SSSR count). The van der Waals surface area contributed by atoms with Crippen molar-refractivity contribution in [3.05, 3.63) is 34.3 Å². The average Bonchev–Trinajstić information content (AvgIpc) is 2.34. The molecule has 1 unspecified atom stereocenters. The highest BCUT2D eigenvalue weighted by molar-refractivity contribution is 6.31. The molecule has 3 nitrogen and oxygen atoms in total. The number of hydrogen-bond donors (Lipinski definition) is 1. The second-order valence-corrected chi connectivity index (χ2v) is 5.62. The van der Waals surface area contributed by atoms with E-state index < -0.39 is 0 Å². The summed E-state index contributed by atoms with van der Waals surface area (Å²) in [6, 6.07) is 6.71. The number of benzene rings is 1. The maximum atomic E-state index is 6.30. The molecular formula is C14H22ClN3. The van der Waals surface area contributed by atoms with Crippen molar-refractivity contribution < 1.29 is 0 Å². The molecule has 0 aromatic heterocycles. The van der Waals surface area contributed by atoms with Crippen LogP contribution in [0.15, 0.2) is 18.2 Å². The summed E-state index contributed by atoms with van der Waals surface area (Å²) in [5.74, 6) is 0. The number of aryl methyl sites for hydroxylation is 1. The van der Waals surface area contributed by atoms with Crippen LogP contribution in [0.1, 0.15) is 11.1 Å². The summed E-state index contributed by atoms with van der Waals surface area (Å²) in [4.78, 5) is 4.78. The van der Waals surface area contributed by atoms with Crippen molar-refractivity contribution in [3.63, 3.8) is 0 Å². The van der Waals surface area contributed by atoms with Gasteiger partial charge in [-0.05, 0) is 31.2 Å². The summed E-state index contributed by atoms with van der Waals surface area (Å²) in [7, 11) is 2.15. The van der Waals surface area contributed by atoms with Crippen molar-refractivity contribution in [3.8, 4) is 0 Å². The zero-order chi connectivity index (χ0) is 13.1. The van der Waals surface area contributed by atoms with E-state index in [1.54, 1.807) is 0 Å². The summed E-state index contributed by atoms with van der Waals surface area (Å²) >= 11 is 6.30. The minimum atomic E-state index is 0.432. The molecule has 0 radical (unpaired) electrons. The van der Waals surface area contributed by atoms with Crippen LogP contribution in [0.5, 0.6) is 0 Å². The number of nitrogens with two attached hydrogens (primary N) is 1. The van der Waals surface area contributed by atoms with Crippen LogP contribution >= 0.6 is 11.6 Å². The lowest BCUT2D eigenvalue weighted by atomic mass is 10.1. The van der Waals surface area contributed by atoms with Gasteiger partial charge in [0.15, 0.2) is 0 Å². The van der Waals surface area contributed by atoms with Gasteiger partial charge in [-0.15, -0.1) is 0 Å². The minimum Gasteiger partial charge on any atom is -0.329 e. The predicted molar refractivity (Wildman–Crippen MR) is 76.9 cm³/mol. The lowest BCUT2D eigenvalue weighted by molar-refractivity contribution is 0.0881. The standard InChI is InChI=1S/C14H22ClN3/c1-11-3-4-12(14(15)7-11)9-18-6-5-17(2)10-13(18)8-16/h3-4,7,13H,5-6,8-10,16H2,1-2H3. The summed E-state index contributed by atoms with van der Waals surface area (Å²) in [6.07, 6.45) is 0. The van der Waals surface area contributed by atoms with Gasteiger partial charge >= 0.3 is 0 Å². The molecule has 1 saturated heterocycles. The zero-order valence-electron chi connectivity index (χ0n) is 11.2. The zero-order valence-corrected chi connectivity index (χ0v) is 12.0. The highest BCUT2D eigenvalue weighted by atomic mass is 35.5. The first-order chi connectivity index (χ1) is 8.60. The normalized spacial score (nSPS) is 22.3. The Balaban J connectivity index is 2.07. The number of rotatable bonds is 3. The number of halogens is 1. The molecule has 1 aliphatic rings. The monoisotopic (exact) mass is 267 g/mol. The van der Waals surface area contributed by atoms with E-state index in [1.807, 2.05) is 6.07 Å². The maximum absolute atomic E-state index is 6.30. The van der Waals surface area contributed by atoms with E-state index in [2.05, 4.69) is 35.9 Å². The molecule has 0 spiro atoms. The third-order valence-corrected chi connectivity index (χ3v) is 4.01. The Kier molecular flexibility index (Phi) is 4.62. The third-order valence-electron chi connectivity index (χ3n) is 3.66. The Morgan fingerprint density at radius 2 is 2.17 bits per heavy atom. The molecule has 0 bridgehead atoms. The molecule has 1 atom stereocenters. The molecule has 0 saturated carbocycles. The fourth-order valence-corrected chi connectivity index (χ4v) is 2.77. The lowest BCUT2D eigenvalue weighted by Gasteiger charge is -2.39. The number of piperazine rings is 1. The van der Waals surface area contributed by atoms with Crippen LogP contribution in [0.3, 0.4) is 0 Å². The van der Waals surface area contributed by atoms with E-state index in [0.29, 0.717) is 12.6 Å². The SMILES string of the molecule is Cc1ccc(CN2CCN(C)CC2CN)c(Cl)c1. The quantitative estimate of drug-likeness (QED) is 0.905. The molecule has 1 aromatic carbocycles. The van der Waals surface area contributed by atoms with E-state index in [-0.39, 0.29) is 0 Å². The Bertz CT molecular complexity index is 408. The third kappa shape index (κ3) is 3.23. The molecule has 0 amide bonds. The molecule has 0 aliphatic carbocycles. The van der Waals surface area contributed by atoms with Crippen LogP contribution in [0.2, 0.25) is 5.02 Å². The molecule has 18 heavy (non-hydrogen) atoms. The van der Waals surface area contributed by atoms with E-state index >= 15 is 0 Å². The van der Waals surface area contributed by atoms with Gasteiger partial charge in [0, 0.05) is 43.8 Å². The van der Waals surface area contributed by atoms with Crippen LogP contribution in [-0.4, -0.2) is 49.1 Å². The molecule has 1 heterocycles. The average molecular weight is 268 g/mol. The Labute approximate surface area is 115 Å². The van der Waals surface area contributed by atoms with Crippen molar-refractivity contribution in [1.29, 1.82) is 0 Å². The van der Waals surface area contributed by atoms with Crippen LogP contribution in [0.4, 0.5) is 0 Å². The van der Waals surface area contributed by atoms with Crippen molar-refractivity contribution in [2.75, 3.05) is 33.2 Å². The minimum absolute atomic E-state index is 0.432. The van der Waals surface area contributed by atoms with Gasteiger partial charge in [-0.2, -0.15) is 0 Å². The van der Waals surface area contributed by atoms with Gasteiger partial charge in [0.2, 0.25) is 0 Å². The van der Waals surface area contributed by atoms with E-state index in [0.717, 1.165) is 31.2 Å². The van der Waals surface area contributed by atoms with Gasteiger partial charge in [-0.25, -0.2) is 0 Å². The van der Waals surface area contributed by atoms with Crippen molar-refractivity contribution >= 4 is 11.6 Å². The fraction of sp³-hybridized carbons (Fsp3) is 0.571. The molecule has 100 valence electrons. The molecule has 4 heteroatoms. The van der Waals surface area contributed by atoms with E-state index in [9.17, 15) is 0 Å². The summed E-state index contributed by atoms with van der Waals surface area (Å²) in [5.41, 5.74) is 8.28. The van der Waals surface area contributed by atoms with Crippen LogP contribution < -0.4 is 5.73 Å². The second kappa shape index (κ2) is 6.02.